The van der Waals surface area contributed by atoms with Gasteiger partial charge in [-0.15, -0.1) is 0 Å². The Morgan fingerprint density at radius 1 is 1.29 bits per heavy atom. The van der Waals surface area contributed by atoms with E-state index in [1.807, 2.05) is 32.0 Å². The zero-order valence-electron chi connectivity index (χ0n) is 8.47. The summed E-state index contributed by atoms with van der Waals surface area (Å²) in [5.74, 6) is -1.18. The van der Waals surface area contributed by atoms with Crippen LogP contribution in [0.4, 0.5) is 0 Å². The molecule has 3 nitrogen and oxygen atoms in total. The van der Waals surface area contributed by atoms with E-state index in [-0.39, 0.29) is 6.42 Å². The minimum atomic E-state index is -1.30. The van der Waals surface area contributed by atoms with Crippen LogP contribution in [0.25, 0.3) is 0 Å². The number of rotatable bonds is 3. The molecule has 0 aliphatic rings. The van der Waals surface area contributed by atoms with Gasteiger partial charge in [0.1, 0.15) is 0 Å². The first-order valence-corrected chi connectivity index (χ1v) is 4.65. The number of carboxylic acid groups (broad SMARTS) is 1. The first-order valence-electron chi connectivity index (χ1n) is 4.65. The molecule has 0 fully saturated rings. The van der Waals surface area contributed by atoms with E-state index in [0.717, 1.165) is 5.56 Å². The van der Waals surface area contributed by atoms with Gasteiger partial charge in [-0.05, 0) is 5.56 Å². The average molecular weight is 196 g/mol. The molecule has 0 heterocycles. The van der Waals surface area contributed by atoms with Crippen molar-refractivity contribution in [2.24, 2.45) is 0 Å². The Kier molecular flexibility index (Phi) is 6.41. The second-order valence-corrected chi connectivity index (χ2v) is 2.54. The summed E-state index contributed by atoms with van der Waals surface area (Å²) in [7, 11) is 0. The third-order valence-electron chi connectivity index (χ3n) is 1.56. The Hall–Kier alpha value is -1.35. The van der Waals surface area contributed by atoms with Gasteiger partial charge < -0.3 is 10.2 Å². The van der Waals surface area contributed by atoms with Gasteiger partial charge in [-0.2, -0.15) is 0 Å². The quantitative estimate of drug-likeness (QED) is 0.773. The molecule has 3 heteroatoms. The van der Waals surface area contributed by atoms with Crippen LogP contribution in [-0.4, -0.2) is 22.3 Å². The fourth-order valence-corrected chi connectivity index (χ4v) is 0.925. The van der Waals surface area contributed by atoms with Gasteiger partial charge in [0, 0.05) is 6.42 Å². The summed E-state index contributed by atoms with van der Waals surface area (Å²) in [6, 6.07) is 9.03. The molecule has 0 saturated heterocycles. The number of hydrogen-bond donors (Lipinski definition) is 2. The molecule has 0 saturated carbocycles. The van der Waals surface area contributed by atoms with Gasteiger partial charge >= 0.3 is 5.97 Å². The van der Waals surface area contributed by atoms with Gasteiger partial charge in [0.05, 0.1) is 0 Å². The first-order chi connectivity index (χ1) is 6.70. The summed E-state index contributed by atoms with van der Waals surface area (Å²) >= 11 is 0. The maximum atomic E-state index is 10.3. The second-order valence-electron chi connectivity index (χ2n) is 2.54. The average Bonchev–Trinajstić information content (AvgIpc) is 2.22. The maximum absolute atomic E-state index is 10.3. The van der Waals surface area contributed by atoms with Crippen molar-refractivity contribution in [1.29, 1.82) is 0 Å². The van der Waals surface area contributed by atoms with Crippen LogP contribution < -0.4 is 0 Å². The van der Waals surface area contributed by atoms with Gasteiger partial charge in [-0.1, -0.05) is 44.2 Å². The van der Waals surface area contributed by atoms with E-state index in [9.17, 15) is 4.79 Å². The van der Waals surface area contributed by atoms with Crippen molar-refractivity contribution >= 4 is 5.97 Å². The lowest BCUT2D eigenvalue weighted by molar-refractivity contribution is -0.146. The van der Waals surface area contributed by atoms with E-state index < -0.39 is 12.1 Å². The number of aliphatic carboxylic acids is 1. The van der Waals surface area contributed by atoms with Crippen LogP contribution >= 0.6 is 0 Å². The third-order valence-corrected chi connectivity index (χ3v) is 1.56. The molecule has 1 rings (SSSR count). The SMILES string of the molecule is CC.O=C(O)C(O)Cc1ccccc1. The molecule has 0 aliphatic carbocycles. The number of benzene rings is 1. The lowest BCUT2D eigenvalue weighted by atomic mass is 10.1. The largest absolute Gasteiger partial charge is 0.479 e. The fourth-order valence-electron chi connectivity index (χ4n) is 0.925. The molecule has 78 valence electrons. The summed E-state index contributed by atoms with van der Waals surface area (Å²) in [5.41, 5.74) is 0.826. The van der Waals surface area contributed by atoms with Gasteiger partial charge in [-0.3, -0.25) is 0 Å². The number of aliphatic hydroxyl groups is 1. The molecule has 1 atom stereocenters. The van der Waals surface area contributed by atoms with E-state index in [2.05, 4.69) is 0 Å². The van der Waals surface area contributed by atoms with Gasteiger partial charge in [0.15, 0.2) is 6.10 Å². The van der Waals surface area contributed by atoms with Crippen molar-refractivity contribution < 1.29 is 15.0 Å². The predicted octanol–water partition coefficient (Wildman–Crippen LogP) is 1.70. The first kappa shape index (κ1) is 12.7. The Balaban J connectivity index is 0.000000791. The highest BCUT2D eigenvalue weighted by molar-refractivity contribution is 5.72. The van der Waals surface area contributed by atoms with Crippen LogP contribution in [0, 0.1) is 0 Å². The molecule has 0 spiro atoms. The van der Waals surface area contributed by atoms with Gasteiger partial charge in [-0.25, -0.2) is 4.79 Å². The maximum Gasteiger partial charge on any atom is 0.332 e. The van der Waals surface area contributed by atoms with Crippen LogP contribution in [0.2, 0.25) is 0 Å². The molecule has 0 radical (unpaired) electrons. The van der Waals surface area contributed by atoms with Crippen LogP contribution in [-0.2, 0) is 11.2 Å². The zero-order valence-corrected chi connectivity index (χ0v) is 8.47. The summed E-state index contributed by atoms with van der Waals surface area (Å²) in [6.07, 6.45) is -1.14. The number of hydrogen-bond acceptors (Lipinski definition) is 2. The Labute approximate surface area is 84.0 Å². The van der Waals surface area contributed by atoms with Crippen molar-refractivity contribution in [2.75, 3.05) is 0 Å². The molecule has 1 aromatic rings. The Morgan fingerprint density at radius 3 is 2.21 bits per heavy atom. The highest BCUT2D eigenvalue weighted by atomic mass is 16.4. The Bertz CT molecular complexity index is 256. The zero-order chi connectivity index (χ0) is 11.0. The van der Waals surface area contributed by atoms with Crippen molar-refractivity contribution in [3.05, 3.63) is 35.9 Å². The lowest BCUT2D eigenvalue weighted by Crippen LogP contribution is -2.21. The molecule has 1 aromatic carbocycles. The van der Waals surface area contributed by atoms with E-state index in [0.29, 0.717) is 0 Å². The second kappa shape index (κ2) is 7.09. The summed E-state index contributed by atoms with van der Waals surface area (Å²) in [6.45, 7) is 4.00. The molecule has 0 bridgehead atoms. The van der Waals surface area contributed by atoms with E-state index in [4.69, 9.17) is 10.2 Å². The molecular formula is C11H16O3. The predicted molar refractivity (Wildman–Crippen MR) is 55.1 cm³/mol. The standard InChI is InChI=1S/C9H10O3.C2H6/c10-8(9(11)12)6-7-4-2-1-3-5-7;1-2/h1-5,8,10H,6H2,(H,11,12);1-2H3. The molecular weight excluding hydrogens is 180 g/mol. The summed E-state index contributed by atoms with van der Waals surface area (Å²) < 4.78 is 0. The van der Waals surface area contributed by atoms with Crippen LogP contribution in [0.3, 0.4) is 0 Å². The monoisotopic (exact) mass is 196 g/mol. The molecule has 1 unspecified atom stereocenters. The van der Waals surface area contributed by atoms with E-state index in [1.165, 1.54) is 0 Å². The van der Waals surface area contributed by atoms with Crippen molar-refractivity contribution in [1.82, 2.24) is 0 Å². The minimum absolute atomic E-state index is 0.163. The van der Waals surface area contributed by atoms with Crippen LogP contribution in [0.5, 0.6) is 0 Å². The fraction of sp³-hybridized carbons (Fsp3) is 0.364. The normalized spacial score (nSPS) is 11.1. The van der Waals surface area contributed by atoms with Crippen molar-refractivity contribution in [3.63, 3.8) is 0 Å². The molecule has 0 aromatic heterocycles. The van der Waals surface area contributed by atoms with Crippen LogP contribution in [0.15, 0.2) is 30.3 Å². The van der Waals surface area contributed by atoms with E-state index >= 15 is 0 Å². The van der Waals surface area contributed by atoms with Crippen LogP contribution in [0.1, 0.15) is 19.4 Å². The van der Waals surface area contributed by atoms with E-state index in [1.54, 1.807) is 12.1 Å². The minimum Gasteiger partial charge on any atom is -0.479 e. The third kappa shape index (κ3) is 4.62. The molecule has 2 N–H and O–H groups in total. The topological polar surface area (TPSA) is 57.5 Å². The lowest BCUT2D eigenvalue weighted by Gasteiger charge is -2.03. The molecule has 0 amide bonds. The number of aliphatic hydroxyl groups excluding tert-OH is 1. The Morgan fingerprint density at radius 2 is 1.79 bits per heavy atom. The van der Waals surface area contributed by atoms with Gasteiger partial charge in [0.2, 0.25) is 0 Å². The van der Waals surface area contributed by atoms with Crippen molar-refractivity contribution in [3.8, 4) is 0 Å². The van der Waals surface area contributed by atoms with Gasteiger partial charge in [0.25, 0.3) is 0 Å². The highest BCUT2D eigenvalue weighted by Gasteiger charge is 2.12. The van der Waals surface area contributed by atoms with Crippen molar-refractivity contribution in [2.45, 2.75) is 26.4 Å². The molecule has 14 heavy (non-hydrogen) atoms. The number of carbonyl (C=O) groups is 1. The summed E-state index contributed by atoms with van der Waals surface area (Å²) in [4.78, 5) is 10.3. The number of carboxylic acids is 1. The summed E-state index contributed by atoms with van der Waals surface area (Å²) in [5, 5.41) is 17.4. The molecule has 0 aliphatic heterocycles. The highest BCUT2D eigenvalue weighted by Crippen LogP contribution is 2.02. The smallest absolute Gasteiger partial charge is 0.332 e.